The van der Waals surface area contributed by atoms with Gasteiger partial charge in [-0.15, -0.1) is 0 Å². The van der Waals surface area contributed by atoms with E-state index in [1.54, 1.807) is 0 Å². The van der Waals surface area contributed by atoms with Gasteiger partial charge in [0.25, 0.3) is 0 Å². The van der Waals surface area contributed by atoms with Gasteiger partial charge in [-0.1, -0.05) is 13.3 Å². The average molecular weight is 206 g/mol. The van der Waals surface area contributed by atoms with Crippen molar-refractivity contribution in [1.82, 2.24) is 10.0 Å². The quantitative estimate of drug-likeness (QED) is 0.669. The van der Waals surface area contributed by atoms with Crippen molar-refractivity contribution in [3.05, 3.63) is 0 Å². The molecule has 1 aliphatic heterocycles. The summed E-state index contributed by atoms with van der Waals surface area (Å²) in [5.41, 5.74) is 0. The first kappa shape index (κ1) is 10.9. The maximum absolute atomic E-state index is 11.4. The van der Waals surface area contributed by atoms with E-state index in [9.17, 15) is 8.42 Å². The van der Waals surface area contributed by atoms with E-state index in [1.165, 1.54) is 0 Å². The van der Waals surface area contributed by atoms with Crippen LogP contribution in [0.5, 0.6) is 0 Å². The lowest BCUT2D eigenvalue weighted by atomic mass is 10.3. The van der Waals surface area contributed by atoms with Crippen molar-refractivity contribution in [3.63, 3.8) is 0 Å². The van der Waals surface area contributed by atoms with Crippen LogP contribution in [-0.4, -0.2) is 33.3 Å². The summed E-state index contributed by atoms with van der Waals surface area (Å²) in [6.07, 6.45) is 2.57. The van der Waals surface area contributed by atoms with E-state index in [2.05, 4.69) is 10.0 Å². The molecule has 0 aromatic carbocycles. The van der Waals surface area contributed by atoms with Gasteiger partial charge in [0.1, 0.15) is 0 Å². The molecule has 1 rings (SSSR count). The van der Waals surface area contributed by atoms with Crippen LogP contribution >= 0.6 is 0 Å². The third kappa shape index (κ3) is 4.06. The number of hydrogen-bond donors (Lipinski definition) is 2. The van der Waals surface area contributed by atoms with Crippen LogP contribution in [0.2, 0.25) is 0 Å². The van der Waals surface area contributed by atoms with Crippen molar-refractivity contribution in [2.75, 3.05) is 18.8 Å². The Morgan fingerprint density at radius 3 is 2.85 bits per heavy atom. The van der Waals surface area contributed by atoms with E-state index in [1.807, 2.05) is 6.92 Å². The topological polar surface area (TPSA) is 58.2 Å². The lowest BCUT2D eigenvalue weighted by molar-refractivity contribution is 0.557. The molecule has 0 aromatic rings. The number of hydrogen-bond acceptors (Lipinski definition) is 3. The Hall–Kier alpha value is -0.130. The predicted molar refractivity (Wildman–Crippen MR) is 53.1 cm³/mol. The molecule has 1 aliphatic rings. The molecule has 78 valence electrons. The molecule has 0 unspecified atom stereocenters. The molecule has 0 saturated carbocycles. The Balaban J connectivity index is 2.32. The lowest BCUT2D eigenvalue weighted by Gasteiger charge is -2.11. The van der Waals surface area contributed by atoms with Gasteiger partial charge < -0.3 is 5.32 Å². The molecule has 1 fully saturated rings. The highest BCUT2D eigenvalue weighted by Gasteiger charge is 2.20. The summed E-state index contributed by atoms with van der Waals surface area (Å²) in [6, 6.07) is 0.113. The number of sulfonamides is 1. The smallest absolute Gasteiger partial charge is 0.211 e. The van der Waals surface area contributed by atoms with Gasteiger partial charge in [0.15, 0.2) is 0 Å². The Labute approximate surface area is 80.1 Å². The van der Waals surface area contributed by atoms with Crippen LogP contribution in [0, 0.1) is 0 Å². The van der Waals surface area contributed by atoms with Gasteiger partial charge in [-0.25, -0.2) is 13.1 Å². The summed E-state index contributed by atoms with van der Waals surface area (Å²) in [5, 5.41) is 3.12. The van der Waals surface area contributed by atoms with Gasteiger partial charge in [0.2, 0.25) is 10.0 Å². The normalized spacial score (nSPS) is 23.6. The lowest BCUT2D eigenvalue weighted by Crippen LogP contribution is -2.37. The standard InChI is InChI=1S/C8H18N2O2S/c1-2-3-6-13(11,12)10-8-4-5-9-7-8/h8-10H,2-7H2,1H3/t8-/m0/s1. The summed E-state index contributed by atoms with van der Waals surface area (Å²) in [6.45, 7) is 3.68. The zero-order chi connectivity index (χ0) is 9.73. The summed E-state index contributed by atoms with van der Waals surface area (Å²) in [5.74, 6) is 0.264. The number of rotatable bonds is 5. The third-order valence-electron chi connectivity index (χ3n) is 2.17. The van der Waals surface area contributed by atoms with Crippen LogP contribution in [-0.2, 0) is 10.0 Å². The molecular formula is C8H18N2O2S. The molecule has 13 heavy (non-hydrogen) atoms. The van der Waals surface area contributed by atoms with E-state index in [0.717, 1.165) is 32.4 Å². The number of unbranched alkanes of at least 4 members (excludes halogenated alkanes) is 1. The van der Waals surface area contributed by atoms with Crippen molar-refractivity contribution in [2.45, 2.75) is 32.2 Å². The fourth-order valence-corrected chi connectivity index (χ4v) is 2.90. The Morgan fingerprint density at radius 2 is 2.31 bits per heavy atom. The SMILES string of the molecule is CCCCS(=O)(=O)N[C@H]1CCNC1. The van der Waals surface area contributed by atoms with E-state index >= 15 is 0 Å². The molecular weight excluding hydrogens is 188 g/mol. The minimum absolute atomic E-state index is 0.113. The van der Waals surface area contributed by atoms with Gasteiger partial charge in [-0.2, -0.15) is 0 Å². The van der Waals surface area contributed by atoms with Crippen molar-refractivity contribution >= 4 is 10.0 Å². The predicted octanol–water partition coefficient (Wildman–Crippen LogP) is 0.0678. The van der Waals surface area contributed by atoms with Gasteiger partial charge in [-0.05, 0) is 19.4 Å². The first-order valence-corrected chi connectivity index (χ1v) is 6.50. The van der Waals surface area contributed by atoms with Crippen molar-refractivity contribution < 1.29 is 8.42 Å². The molecule has 0 aromatic heterocycles. The summed E-state index contributed by atoms with van der Waals surface area (Å²) in [4.78, 5) is 0. The minimum atomic E-state index is -3.02. The summed E-state index contributed by atoms with van der Waals surface area (Å²) < 4.78 is 25.5. The molecule has 1 saturated heterocycles. The second-order valence-electron chi connectivity index (χ2n) is 3.48. The van der Waals surface area contributed by atoms with Crippen LogP contribution in [0.3, 0.4) is 0 Å². The van der Waals surface area contributed by atoms with Crippen LogP contribution in [0.4, 0.5) is 0 Å². The molecule has 0 bridgehead atoms. The van der Waals surface area contributed by atoms with E-state index in [-0.39, 0.29) is 11.8 Å². The maximum Gasteiger partial charge on any atom is 0.211 e. The zero-order valence-electron chi connectivity index (χ0n) is 8.04. The van der Waals surface area contributed by atoms with E-state index < -0.39 is 10.0 Å². The summed E-state index contributed by atoms with van der Waals surface area (Å²) >= 11 is 0. The molecule has 0 aliphatic carbocycles. The van der Waals surface area contributed by atoms with E-state index in [0.29, 0.717) is 0 Å². The second-order valence-corrected chi connectivity index (χ2v) is 5.35. The molecule has 0 amide bonds. The highest BCUT2D eigenvalue weighted by atomic mass is 32.2. The fourth-order valence-electron chi connectivity index (χ4n) is 1.40. The molecule has 5 heteroatoms. The van der Waals surface area contributed by atoms with Gasteiger partial charge in [-0.3, -0.25) is 0 Å². The Bertz CT molecular complexity index is 233. The Morgan fingerprint density at radius 1 is 1.54 bits per heavy atom. The monoisotopic (exact) mass is 206 g/mol. The molecule has 2 N–H and O–H groups in total. The average Bonchev–Trinajstić information content (AvgIpc) is 2.52. The van der Waals surface area contributed by atoms with Crippen LogP contribution < -0.4 is 10.0 Å². The van der Waals surface area contributed by atoms with Crippen LogP contribution in [0.25, 0.3) is 0 Å². The molecule has 4 nitrogen and oxygen atoms in total. The third-order valence-corrected chi connectivity index (χ3v) is 3.69. The first-order valence-electron chi connectivity index (χ1n) is 4.85. The highest BCUT2D eigenvalue weighted by molar-refractivity contribution is 7.89. The van der Waals surface area contributed by atoms with Crippen molar-refractivity contribution in [3.8, 4) is 0 Å². The van der Waals surface area contributed by atoms with E-state index in [4.69, 9.17) is 0 Å². The summed E-state index contributed by atoms with van der Waals surface area (Å²) in [7, 11) is -3.02. The minimum Gasteiger partial charge on any atom is -0.315 e. The van der Waals surface area contributed by atoms with Crippen LogP contribution in [0.1, 0.15) is 26.2 Å². The molecule has 0 spiro atoms. The van der Waals surface area contributed by atoms with Gasteiger partial charge in [0.05, 0.1) is 5.75 Å². The van der Waals surface area contributed by atoms with Gasteiger partial charge >= 0.3 is 0 Å². The zero-order valence-corrected chi connectivity index (χ0v) is 8.86. The largest absolute Gasteiger partial charge is 0.315 e. The second kappa shape index (κ2) is 4.93. The molecule has 1 atom stereocenters. The number of nitrogens with one attached hydrogen (secondary N) is 2. The fraction of sp³-hybridized carbons (Fsp3) is 1.00. The van der Waals surface area contributed by atoms with Crippen LogP contribution in [0.15, 0.2) is 0 Å². The van der Waals surface area contributed by atoms with Crippen molar-refractivity contribution in [2.24, 2.45) is 0 Å². The Kier molecular flexibility index (Phi) is 4.15. The molecule has 1 heterocycles. The highest BCUT2D eigenvalue weighted by Crippen LogP contribution is 2.01. The van der Waals surface area contributed by atoms with Gasteiger partial charge in [0, 0.05) is 12.6 Å². The maximum atomic E-state index is 11.4. The first-order chi connectivity index (χ1) is 6.14. The van der Waals surface area contributed by atoms with Crippen molar-refractivity contribution in [1.29, 1.82) is 0 Å². The molecule has 0 radical (unpaired) electrons.